The van der Waals surface area contributed by atoms with Crippen LogP contribution in [0.5, 0.6) is 0 Å². The van der Waals surface area contributed by atoms with Gasteiger partial charge in [-0.1, -0.05) is 12.1 Å². The monoisotopic (exact) mass is 341 g/mol. The van der Waals surface area contributed by atoms with E-state index in [0.717, 1.165) is 10.9 Å². The number of rotatable bonds is 2. The first-order valence-electron chi connectivity index (χ1n) is 6.19. The first-order chi connectivity index (χ1) is 10.2. The van der Waals surface area contributed by atoms with E-state index >= 15 is 0 Å². The highest BCUT2D eigenvalue weighted by Gasteiger charge is 2.10. The van der Waals surface area contributed by atoms with Gasteiger partial charge in [-0.3, -0.25) is 4.98 Å². The van der Waals surface area contributed by atoms with Crippen molar-refractivity contribution in [3.05, 3.63) is 64.5 Å². The zero-order valence-corrected chi connectivity index (χ0v) is 12.4. The molecule has 0 bridgehead atoms. The van der Waals surface area contributed by atoms with Gasteiger partial charge in [0.1, 0.15) is 5.82 Å². The minimum absolute atomic E-state index is 0.342. The fraction of sp³-hybridized carbons (Fsp3) is 0. The third kappa shape index (κ3) is 2.58. The van der Waals surface area contributed by atoms with Crippen molar-refractivity contribution in [2.24, 2.45) is 0 Å². The van der Waals surface area contributed by atoms with Crippen molar-refractivity contribution in [3.63, 3.8) is 0 Å². The second-order valence-electron chi connectivity index (χ2n) is 4.43. The van der Waals surface area contributed by atoms with E-state index in [1.807, 2.05) is 0 Å². The SMILES string of the molecule is N#Cc1ccc2ncc(Br)c(Nc3ccccc3F)c2c1. The van der Waals surface area contributed by atoms with Crippen molar-refractivity contribution in [2.75, 3.05) is 5.32 Å². The second-order valence-corrected chi connectivity index (χ2v) is 5.28. The molecule has 1 heterocycles. The van der Waals surface area contributed by atoms with Gasteiger partial charge in [-0.15, -0.1) is 0 Å². The van der Waals surface area contributed by atoms with E-state index in [0.29, 0.717) is 21.4 Å². The number of benzene rings is 2. The molecule has 0 radical (unpaired) electrons. The lowest BCUT2D eigenvalue weighted by molar-refractivity contribution is 0.632. The van der Waals surface area contributed by atoms with Gasteiger partial charge in [0.2, 0.25) is 0 Å². The molecule has 1 aromatic heterocycles. The minimum Gasteiger partial charge on any atom is -0.352 e. The molecule has 0 aliphatic rings. The predicted molar refractivity (Wildman–Crippen MR) is 83.8 cm³/mol. The van der Waals surface area contributed by atoms with Gasteiger partial charge in [0.15, 0.2) is 0 Å². The molecule has 0 spiro atoms. The number of pyridine rings is 1. The molecule has 0 aliphatic carbocycles. The normalized spacial score (nSPS) is 10.3. The van der Waals surface area contributed by atoms with Gasteiger partial charge in [0, 0.05) is 11.6 Å². The van der Waals surface area contributed by atoms with Gasteiger partial charge < -0.3 is 5.32 Å². The maximum Gasteiger partial charge on any atom is 0.146 e. The Kier molecular flexibility index (Phi) is 3.55. The maximum absolute atomic E-state index is 13.8. The number of halogens is 2. The summed E-state index contributed by atoms with van der Waals surface area (Å²) in [6.07, 6.45) is 1.65. The van der Waals surface area contributed by atoms with Crippen LogP contribution >= 0.6 is 15.9 Å². The minimum atomic E-state index is -0.342. The summed E-state index contributed by atoms with van der Waals surface area (Å²) in [5.41, 5.74) is 2.31. The Labute approximate surface area is 129 Å². The Morgan fingerprint density at radius 3 is 2.76 bits per heavy atom. The molecule has 0 saturated heterocycles. The van der Waals surface area contributed by atoms with Crippen molar-refractivity contribution in [1.82, 2.24) is 4.98 Å². The maximum atomic E-state index is 13.8. The molecular formula is C16H9BrFN3. The first kappa shape index (κ1) is 13.5. The quantitative estimate of drug-likeness (QED) is 0.731. The summed E-state index contributed by atoms with van der Waals surface area (Å²) >= 11 is 3.42. The number of anilines is 2. The summed E-state index contributed by atoms with van der Waals surface area (Å²) in [5, 5.41) is 12.8. The predicted octanol–water partition coefficient (Wildman–Crippen LogP) is 4.75. The summed E-state index contributed by atoms with van der Waals surface area (Å²) in [6, 6.07) is 13.7. The fourth-order valence-corrected chi connectivity index (χ4v) is 2.48. The lowest BCUT2D eigenvalue weighted by Gasteiger charge is -2.12. The first-order valence-corrected chi connectivity index (χ1v) is 6.98. The molecule has 3 nitrogen and oxygen atoms in total. The molecule has 3 aromatic rings. The van der Waals surface area contributed by atoms with E-state index in [1.54, 1.807) is 42.6 Å². The van der Waals surface area contributed by atoms with Crippen molar-refractivity contribution in [2.45, 2.75) is 0 Å². The van der Waals surface area contributed by atoms with Crippen molar-refractivity contribution in [1.29, 1.82) is 5.26 Å². The number of nitriles is 1. The van der Waals surface area contributed by atoms with Crippen molar-refractivity contribution in [3.8, 4) is 6.07 Å². The molecule has 0 amide bonds. The summed E-state index contributed by atoms with van der Waals surface area (Å²) in [4.78, 5) is 4.29. The van der Waals surface area contributed by atoms with Crippen LogP contribution in [0.4, 0.5) is 15.8 Å². The summed E-state index contributed by atoms with van der Waals surface area (Å²) in [7, 11) is 0. The van der Waals surface area contributed by atoms with E-state index in [1.165, 1.54) is 6.07 Å². The number of nitrogens with zero attached hydrogens (tertiary/aromatic N) is 2. The van der Waals surface area contributed by atoms with Crippen molar-refractivity contribution < 1.29 is 4.39 Å². The van der Waals surface area contributed by atoms with Crippen LogP contribution in [-0.2, 0) is 0 Å². The third-order valence-corrected chi connectivity index (χ3v) is 3.69. The Morgan fingerprint density at radius 1 is 1.19 bits per heavy atom. The van der Waals surface area contributed by atoms with Crippen LogP contribution in [0.2, 0.25) is 0 Å². The largest absolute Gasteiger partial charge is 0.352 e. The Hall–Kier alpha value is -2.45. The average Bonchev–Trinajstić information content (AvgIpc) is 2.51. The van der Waals surface area contributed by atoms with E-state index in [-0.39, 0.29) is 5.82 Å². The van der Waals surface area contributed by atoms with Gasteiger partial charge in [0.05, 0.1) is 33.0 Å². The molecule has 5 heteroatoms. The molecule has 0 fully saturated rings. The summed E-state index contributed by atoms with van der Waals surface area (Å²) in [6.45, 7) is 0. The topological polar surface area (TPSA) is 48.7 Å². The molecule has 102 valence electrons. The molecule has 0 saturated carbocycles. The zero-order chi connectivity index (χ0) is 14.8. The molecule has 3 rings (SSSR count). The van der Waals surface area contributed by atoms with Gasteiger partial charge in [0.25, 0.3) is 0 Å². The van der Waals surface area contributed by atoms with Gasteiger partial charge in [-0.2, -0.15) is 5.26 Å². The van der Waals surface area contributed by atoms with Crippen molar-refractivity contribution >= 4 is 38.2 Å². The fourth-order valence-electron chi connectivity index (χ4n) is 2.06. The lowest BCUT2D eigenvalue weighted by atomic mass is 10.1. The highest BCUT2D eigenvalue weighted by molar-refractivity contribution is 9.10. The standard InChI is InChI=1S/C16H9BrFN3/c17-12-9-20-14-6-5-10(8-19)7-11(14)16(12)21-15-4-2-1-3-13(15)18/h1-7,9H,(H,20,21). The summed E-state index contributed by atoms with van der Waals surface area (Å²) < 4.78 is 14.5. The van der Waals surface area contributed by atoms with Gasteiger partial charge in [-0.05, 0) is 46.3 Å². The molecule has 0 atom stereocenters. The van der Waals surface area contributed by atoms with Crippen LogP contribution in [0, 0.1) is 17.1 Å². The van der Waals surface area contributed by atoms with Crippen LogP contribution < -0.4 is 5.32 Å². The van der Waals surface area contributed by atoms with Gasteiger partial charge >= 0.3 is 0 Å². The lowest BCUT2D eigenvalue weighted by Crippen LogP contribution is -1.97. The van der Waals surface area contributed by atoms with Crippen LogP contribution in [-0.4, -0.2) is 4.98 Å². The third-order valence-electron chi connectivity index (χ3n) is 3.08. The molecule has 0 aliphatic heterocycles. The second kappa shape index (κ2) is 5.51. The molecule has 1 N–H and O–H groups in total. The Balaban J connectivity index is 2.19. The van der Waals surface area contributed by atoms with E-state index in [2.05, 4.69) is 32.3 Å². The molecule has 21 heavy (non-hydrogen) atoms. The molecule has 2 aromatic carbocycles. The number of aromatic nitrogens is 1. The van der Waals surface area contributed by atoms with Gasteiger partial charge in [-0.25, -0.2) is 4.39 Å². The number of fused-ring (bicyclic) bond motifs is 1. The average molecular weight is 342 g/mol. The number of para-hydroxylation sites is 1. The zero-order valence-electron chi connectivity index (χ0n) is 10.8. The van der Waals surface area contributed by atoms with Crippen LogP contribution in [0.25, 0.3) is 10.9 Å². The highest BCUT2D eigenvalue weighted by atomic mass is 79.9. The summed E-state index contributed by atoms with van der Waals surface area (Å²) in [5.74, 6) is -0.342. The molecular weight excluding hydrogens is 333 g/mol. The number of nitrogens with one attached hydrogen (secondary N) is 1. The van der Waals surface area contributed by atoms with Crippen LogP contribution in [0.1, 0.15) is 5.56 Å². The Morgan fingerprint density at radius 2 is 2.00 bits per heavy atom. The highest BCUT2D eigenvalue weighted by Crippen LogP contribution is 2.33. The van der Waals surface area contributed by atoms with E-state index in [9.17, 15) is 4.39 Å². The smallest absolute Gasteiger partial charge is 0.146 e. The van der Waals surface area contributed by atoms with Crippen LogP contribution in [0.15, 0.2) is 53.1 Å². The van der Waals surface area contributed by atoms with E-state index < -0.39 is 0 Å². The Bertz CT molecular complexity index is 871. The molecule has 0 unspecified atom stereocenters. The van der Waals surface area contributed by atoms with E-state index in [4.69, 9.17) is 5.26 Å². The number of hydrogen-bond acceptors (Lipinski definition) is 3. The van der Waals surface area contributed by atoms with Crippen LogP contribution in [0.3, 0.4) is 0 Å². The number of hydrogen-bond donors (Lipinski definition) is 1.